The lowest BCUT2D eigenvalue weighted by molar-refractivity contribution is -0.108. The van der Waals surface area contributed by atoms with Crippen molar-refractivity contribution in [2.24, 2.45) is 4.99 Å². The van der Waals surface area contributed by atoms with Crippen LogP contribution in [0.25, 0.3) is 0 Å². The molecule has 4 rings (SSSR count). The summed E-state index contributed by atoms with van der Waals surface area (Å²) in [4.78, 5) is 17.3. The zero-order valence-corrected chi connectivity index (χ0v) is 18.6. The molecule has 0 unspecified atom stereocenters. The molecule has 0 amide bonds. The van der Waals surface area contributed by atoms with Gasteiger partial charge in [-0.1, -0.05) is 78.9 Å². The van der Waals surface area contributed by atoms with Gasteiger partial charge < -0.3 is 5.32 Å². The molecule has 0 bridgehead atoms. The summed E-state index contributed by atoms with van der Waals surface area (Å²) in [7, 11) is -3.85. The number of hydrogen-bond acceptors (Lipinski definition) is 5. The Morgan fingerprint density at radius 2 is 1.27 bits per heavy atom. The van der Waals surface area contributed by atoms with Crippen molar-refractivity contribution in [3.63, 3.8) is 0 Å². The highest BCUT2D eigenvalue weighted by molar-refractivity contribution is 7.89. The summed E-state index contributed by atoms with van der Waals surface area (Å²) >= 11 is 0. The summed E-state index contributed by atoms with van der Waals surface area (Å²) in [6.07, 6.45) is 2.87. The third-order valence-corrected chi connectivity index (χ3v) is 6.38. The SMILES string of the molecule is O=C1C=C(NCc2ccccc2)C(NS(=O)(=O)c2ccccc2)=CC1=NCc1ccccc1. The first-order valence-corrected chi connectivity index (χ1v) is 11.9. The fourth-order valence-electron chi connectivity index (χ4n) is 3.28. The molecular formula is C26H23N3O3S. The molecule has 0 aromatic heterocycles. The maximum atomic E-state index is 13.0. The van der Waals surface area contributed by atoms with Gasteiger partial charge in [0.25, 0.3) is 10.0 Å². The number of hydrogen-bond donors (Lipinski definition) is 2. The fraction of sp³-hybridized carbons (Fsp3) is 0.0769. The van der Waals surface area contributed by atoms with Crippen molar-refractivity contribution < 1.29 is 13.2 Å². The number of aliphatic imine (C=N–C) groups is 1. The highest BCUT2D eigenvalue weighted by atomic mass is 32.2. The van der Waals surface area contributed by atoms with Crippen LogP contribution in [0.5, 0.6) is 0 Å². The summed E-state index contributed by atoms with van der Waals surface area (Å²) in [5.74, 6) is -0.288. The lowest BCUT2D eigenvalue weighted by atomic mass is 10.1. The second-order valence-corrected chi connectivity index (χ2v) is 9.11. The second-order valence-electron chi connectivity index (χ2n) is 7.43. The molecule has 7 heteroatoms. The molecule has 1 aliphatic rings. The van der Waals surface area contributed by atoms with Crippen molar-refractivity contribution in [3.8, 4) is 0 Å². The standard InChI is InChI=1S/C26H23N3O3S/c30-26-17-23(27-18-20-10-4-1-5-11-20)24(29-33(31,32)22-14-8-3-9-15-22)16-25(26)28-19-21-12-6-2-7-13-21/h1-17,27,29H,18-19H2. The van der Waals surface area contributed by atoms with E-state index in [4.69, 9.17) is 0 Å². The van der Waals surface area contributed by atoms with Gasteiger partial charge in [0.2, 0.25) is 5.78 Å². The van der Waals surface area contributed by atoms with Gasteiger partial charge in [0, 0.05) is 12.6 Å². The number of ketones is 1. The van der Waals surface area contributed by atoms with Crippen LogP contribution in [-0.2, 0) is 27.9 Å². The van der Waals surface area contributed by atoms with Crippen LogP contribution in [0.2, 0.25) is 0 Å². The van der Waals surface area contributed by atoms with Crippen LogP contribution < -0.4 is 10.0 Å². The summed E-state index contributed by atoms with van der Waals surface area (Å²) in [5, 5.41) is 3.18. The van der Waals surface area contributed by atoms with Crippen LogP contribution in [0.3, 0.4) is 0 Å². The first-order valence-electron chi connectivity index (χ1n) is 10.4. The smallest absolute Gasteiger partial charge is 0.261 e. The quantitative estimate of drug-likeness (QED) is 0.505. The van der Waals surface area contributed by atoms with Gasteiger partial charge >= 0.3 is 0 Å². The van der Waals surface area contributed by atoms with E-state index in [9.17, 15) is 13.2 Å². The maximum absolute atomic E-state index is 13.0. The molecule has 0 fully saturated rings. The van der Waals surface area contributed by atoms with Crippen molar-refractivity contribution >= 4 is 21.5 Å². The number of allylic oxidation sites excluding steroid dienone is 2. The zero-order valence-electron chi connectivity index (χ0n) is 17.8. The number of carbonyl (C=O) groups excluding carboxylic acids is 1. The van der Waals surface area contributed by atoms with E-state index in [-0.39, 0.29) is 22.1 Å². The molecule has 2 N–H and O–H groups in total. The topological polar surface area (TPSA) is 87.6 Å². The third kappa shape index (κ3) is 5.84. The first-order chi connectivity index (χ1) is 16.0. The maximum Gasteiger partial charge on any atom is 0.261 e. The predicted molar refractivity (Wildman–Crippen MR) is 129 cm³/mol. The van der Waals surface area contributed by atoms with E-state index < -0.39 is 10.0 Å². The number of sulfonamides is 1. The second kappa shape index (κ2) is 10.1. The molecule has 0 saturated carbocycles. The number of carbonyl (C=O) groups is 1. The number of benzene rings is 3. The molecule has 0 spiro atoms. The minimum Gasteiger partial charge on any atom is -0.379 e. The summed E-state index contributed by atoms with van der Waals surface area (Å²) in [6.45, 7) is 0.749. The van der Waals surface area contributed by atoms with Crippen molar-refractivity contribution in [1.29, 1.82) is 0 Å². The van der Waals surface area contributed by atoms with Gasteiger partial charge in [-0.05, 0) is 29.3 Å². The highest BCUT2D eigenvalue weighted by Gasteiger charge is 2.23. The molecule has 6 nitrogen and oxygen atoms in total. The molecule has 1 aliphatic carbocycles. The Bertz CT molecular complexity index is 1310. The minimum atomic E-state index is -3.85. The van der Waals surface area contributed by atoms with Crippen LogP contribution in [0.1, 0.15) is 11.1 Å². The molecule has 0 heterocycles. The van der Waals surface area contributed by atoms with Crippen molar-refractivity contribution in [3.05, 3.63) is 126 Å². The average Bonchev–Trinajstić information content (AvgIpc) is 2.85. The Hall–Kier alpha value is -3.97. The Labute approximate surface area is 193 Å². The Kier molecular flexibility index (Phi) is 6.80. The van der Waals surface area contributed by atoms with Crippen molar-refractivity contribution in [2.75, 3.05) is 0 Å². The van der Waals surface area contributed by atoms with Crippen LogP contribution in [0.15, 0.2) is 124 Å². The van der Waals surface area contributed by atoms with Crippen LogP contribution >= 0.6 is 0 Å². The van der Waals surface area contributed by atoms with Gasteiger partial charge in [-0.3, -0.25) is 14.5 Å². The third-order valence-electron chi connectivity index (χ3n) is 5.00. The van der Waals surface area contributed by atoms with Gasteiger partial charge in [0.05, 0.1) is 22.8 Å². The van der Waals surface area contributed by atoms with Crippen molar-refractivity contribution in [1.82, 2.24) is 10.0 Å². The minimum absolute atomic E-state index is 0.132. The van der Waals surface area contributed by atoms with E-state index in [0.717, 1.165) is 11.1 Å². The molecule has 33 heavy (non-hydrogen) atoms. The van der Waals surface area contributed by atoms with Crippen LogP contribution in [0.4, 0.5) is 0 Å². The molecule has 0 saturated heterocycles. The molecule has 0 atom stereocenters. The normalized spacial score (nSPS) is 15.0. The Morgan fingerprint density at radius 1 is 0.697 bits per heavy atom. The highest BCUT2D eigenvalue weighted by Crippen LogP contribution is 2.17. The van der Waals surface area contributed by atoms with E-state index in [1.54, 1.807) is 18.2 Å². The van der Waals surface area contributed by atoms with Gasteiger partial charge in [0.15, 0.2) is 0 Å². The predicted octanol–water partition coefficient (Wildman–Crippen LogP) is 3.75. The Balaban J connectivity index is 1.62. The van der Waals surface area contributed by atoms with E-state index in [0.29, 0.717) is 18.8 Å². The fourth-order valence-corrected chi connectivity index (χ4v) is 4.37. The summed E-state index contributed by atoms with van der Waals surface area (Å²) in [5.41, 5.74) is 2.80. The zero-order chi connectivity index (χ0) is 23.1. The number of rotatable bonds is 8. The lowest BCUT2D eigenvalue weighted by Crippen LogP contribution is -2.33. The molecule has 0 radical (unpaired) electrons. The van der Waals surface area contributed by atoms with E-state index in [1.165, 1.54) is 24.3 Å². The van der Waals surface area contributed by atoms with E-state index in [2.05, 4.69) is 15.0 Å². The monoisotopic (exact) mass is 457 g/mol. The van der Waals surface area contributed by atoms with Crippen LogP contribution in [-0.4, -0.2) is 19.9 Å². The average molecular weight is 458 g/mol. The molecule has 3 aromatic carbocycles. The molecular weight excluding hydrogens is 434 g/mol. The molecule has 166 valence electrons. The summed E-state index contributed by atoms with van der Waals surface area (Å²) in [6, 6.07) is 27.3. The van der Waals surface area contributed by atoms with Crippen LogP contribution in [0, 0.1) is 0 Å². The van der Waals surface area contributed by atoms with Gasteiger partial charge in [-0.25, -0.2) is 8.42 Å². The number of nitrogens with one attached hydrogen (secondary N) is 2. The molecule has 3 aromatic rings. The van der Waals surface area contributed by atoms with Gasteiger partial charge in [0.1, 0.15) is 5.71 Å². The van der Waals surface area contributed by atoms with E-state index >= 15 is 0 Å². The van der Waals surface area contributed by atoms with Gasteiger partial charge in [-0.2, -0.15) is 0 Å². The largest absolute Gasteiger partial charge is 0.379 e. The lowest BCUT2D eigenvalue weighted by Gasteiger charge is -2.20. The Morgan fingerprint density at radius 3 is 1.91 bits per heavy atom. The first kappa shape index (κ1) is 22.2. The van der Waals surface area contributed by atoms with E-state index in [1.807, 2.05) is 60.7 Å². The van der Waals surface area contributed by atoms with Gasteiger partial charge in [-0.15, -0.1) is 0 Å². The van der Waals surface area contributed by atoms with Crippen molar-refractivity contribution in [2.45, 2.75) is 18.0 Å². The number of nitrogens with zero attached hydrogens (tertiary/aromatic N) is 1. The summed E-state index contributed by atoms with van der Waals surface area (Å²) < 4.78 is 28.5. The molecule has 0 aliphatic heterocycles.